The molecule has 1 aromatic heterocycles. The Morgan fingerprint density at radius 2 is 2.14 bits per heavy atom. The molecule has 0 spiro atoms. The minimum absolute atomic E-state index is 0.0935. The monoisotopic (exact) mass is 285 g/mol. The van der Waals surface area contributed by atoms with Gasteiger partial charge in [-0.1, -0.05) is 6.07 Å². The van der Waals surface area contributed by atoms with Gasteiger partial charge < -0.3 is 18.8 Å². The lowest BCUT2D eigenvalue weighted by Gasteiger charge is -2.15. The predicted molar refractivity (Wildman–Crippen MR) is 76.8 cm³/mol. The summed E-state index contributed by atoms with van der Waals surface area (Å²) in [6, 6.07) is 9.24. The molecule has 2 heterocycles. The molecular weight excluding hydrogens is 270 g/mol. The van der Waals surface area contributed by atoms with Crippen LogP contribution >= 0.6 is 0 Å². The topological polar surface area (TPSA) is 51.9 Å². The number of ether oxygens (including phenoxy) is 2. The highest BCUT2D eigenvalue weighted by Gasteiger charge is 2.14. The van der Waals surface area contributed by atoms with E-state index in [0.29, 0.717) is 12.3 Å². The first-order valence-corrected chi connectivity index (χ1v) is 6.57. The molecule has 2 aromatic rings. The molecule has 0 saturated carbocycles. The zero-order valence-electron chi connectivity index (χ0n) is 11.6. The number of carbonyl (C=O) groups excluding carboxylic acids is 1. The Hall–Kier alpha value is -2.69. The third-order valence-corrected chi connectivity index (χ3v) is 3.17. The van der Waals surface area contributed by atoms with E-state index in [0.717, 1.165) is 17.1 Å². The van der Waals surface area contributed by atoms with Gasteiger partial charge >= 0.3 is 0 Å². The Balaban J connectivity index is 1.63. The number of nitrogens with zero attached hydrogens (tertiary/aromatic N) is 1. The third-order valence-electron chi connectivity index (χ3n) is 3.17. The Bertz CT molecular complexity index is 661. The first kappa shape index (κ1) is 13.3. The summed E-state index contributed by atoms with van der Waals surface area (Å²) in [6.07, 6.45) is 4.71. The molecule has 0 fully saturated rings. The fourth-order valence-electron chi connectivity index (χ4n) is 2.06. The minimum Gasteiger partial charge on any atom is -0.465 e. The highest BCUT2D eigenvalue weighted by Crippen LogP contribution is 2.32. The molecule has 5 nitrogen and oxygen atoms in total. The summed E-state index contributed by atoms with van der Waals surface area (Å²) in [7, 11) is 1.75. The van der Waals surface area contributed by atoms with Gasteiger partial charge in [-0.3, -0.25) is 4.79 Å². The van der Waals surface area contributed by atoms with E-state index in [4.69, 9.17) is 13.9 Å². The van der Waals surface area contributed by atoms with E-state index in [1.54, 1.807) is 36.4 Å². The molecule has 5 heteroatoms. The molecule has 0 aliphatic carbocycles. The molecule has 1 amide bonds. The molecule has 1 aromatic carbocycles. The molecule has 3 rings (SSSR count). The van der Waals surface area contributed by atoms with E-state index in [9.17, 15) is 4.79 Å². The number of hydrogen-bond acceptors (Lipinski definition) is 4. The fraction of sp³-hybridized carbons (Fsp3) is 0.188. The number of hydrogen-bond donors (Lipinski definition) is 0. The molecule has 0 N–H and O–H groups in total. The van der Waals surface area contributed by atoms with Gasteiger partial charge in [0.1, 0.15) is 5.76 Å². The number of rotatable bonds is 4. The van der Waals surface area contributed by atoms with Crippen molar-refractivity contribution in [2.24, 2.45) is 0 Å². The normalized spacial score (nSPS) is 12.8. The maximum atomic E-state index is 12.0. The van der Waals surface area contributed by atoms with Gasteiger partial charge in [-0.2, -0.15) is 0 Å². The van der Waals surface area contributed by atoms with Crippen LogP contribution < -0.4 is 9.47 Å². The standard InChI is InChI=1S/C16H15NO4/c1-17(16(18)7-5-13-3-2-8-19-13)10-12-4-6-14-15(9-12)21-11-20-14/h2-9H,10-11H2,1H3/b7-5+. The molecule has 0 unspecified atom stereocenters. The van der Waals surface area contributed by atoms with E-state index >= 15 is 0 Å². The summed E-state index contributed by atoms with van der Waals surface area (Å²) in [5.41, 5.74) is 0.987. The van der Waals surface area contributed by atoms with E-state index < -0.39 is 0 Å². The zero-order chi connectivity index (χ0) is 14.7. The SMILES string of the molecule is CN(Cc1ccc2c(c1)OCO2)C(=O)/C=C/c1ccco1. The van der Waals surface area contributed by atoms with Crippen molar-refractivity contribution in [1.82, 2.24) is 4.90 Å². The van der Waals surface area contributed by atoms with Crippen LogP contribution in [-0.2, 0) is 11.3 Å². The Kier molecular flexibility index (Phi) is 3.64. The van der Waals surface area contributed by atoms with Crippen molar-refractivity contribution < 1.29 is 18.7 Å². The quantitative estimate of drug-likeness (QED) is 0.810. The Labute approximate surface area is 122 Å². The van der Waals surface area contributed by atoms with Crippen molar-refractivity contribution in [3.63, 3.8) is 0 Å². The van der Waals surface area contributed by atoms with Crippen molar-refractivity contribution in [2.75, 3.05) is 13.8 Å². The molecule has 0 radical (unpaired) electrons. The molecular formula is C16H15NO4. The van der Waals surface area contributed by atoms with Crippen LogP contribution in [-0.4, -0.2) is 24.6 Å². The lowest BCUT2D eigenvalue weighted by atomic mass is 10.2. The number of benzene rings is 1. The summed E-state index contributed by atoms with van der Waals surface area (Å²) in [6.45, 7) is 0.747. The highest BCUT2D eigenvalue weighted by atomic mass is 16.7. The van der Waals surface area contributed by atoms with Crippen LogP contribution in [0.25, 0.3) is 6.08 Å². The second-order valence-corrected chi connectivity index (χ2v) is 4.73. The van der Waals surface area contributed by atoms with Crippen molar-refractivity contribution in [3.8, 4) is 11.5 Å². The van der Waals surface area contributed by atoms with Crippen molar-refractivity contribution in [1.29, 1.82) is 0 Å². The van der Waals surface area contributed by atoms with Crippen LogP contribution in [0, 0.1) is 0 Å². The van der Waals surface area contributed by atoms with Gasteiger partial charge in [-0.25, -0.2) is 0 Å². The number of carbonyl (C=O) groups is 1. The smallest absolute Gasteiger partial charge is 0.246 e. The van der Waals surface area contributed by atoms with Gasteiger partial charge in [0, 0.05) is 19.7 Å². The molecule has 21 heavy (non-hydrogen) atoms. The highest BCUT2D eigenvalue weighted by molar-refractivity contribution is 5.91. The van der Waals surface area contributed by atoms with Crippen LogP contribution in [0.5, 0.6) is 11.5 Å². The van der Waals surface area contributed by atoms with Crippen LogP contribution in [0.4, 0.5) is 0 Å². The Morgan fingerprint density at radius 1 is 1.29 bits per heavy atom. The third kappa shape index (κ3) is 3.08. The van der Waals surface area contributed by atoms with Crippen LogP contribution in [0.3, 0.4) is 0 Å². The number of furan rings is 1. The molecule has 1 aliphatic heterocycles. The number of amides is 1. The average Bonchev–Trinajstić information content (AvgIpc) is 3.15. The molecule has 0 atom stereocenters. The first-order chi connectivity index (χ1) is 10.2. The molecule has 1 aliphatic rings. The van der Waals surface area contributed by atoms with Crippen molar-refractivity contribution >= 4 is 12.0 Å². The van der Waals surface area contributed by atoms with Crippen LogP contribution in [0.1, 0.15) is 11.3 Å². The number of likely N-dealkylation sites (N-methyl/N-ethyl adjacent to an activating group) is 1. The maximum Gasteiger partial charge on any atom is 0.246 e. The summed E-state index contributed by atoms with van der Waals surface area (Å²) in [4.78, 5) is 13.6. The largest absolute Gasteiger partial charge is 0.465 e. The van der Waals surface area contributed by atoms with E-state index in [-0.39, 0.29) is 12.7 Å². The summed E-state index contributed by atoms with van der Waals surface area (Å²) < 4.78 is 15.7. The minimum atomic E-state index is -0.0935. The van der Waals surface area contributed by atoms with Crippen LogP contribution in [0.15, 0.2) is 47.1 Å². The zero-order valence-corrected chi connectivity index (χ0v) is 11.6. The van der Waals surface area contributed by atoms with E-state index in [2.05, 4.69) is 0 Å². The number of fused-ring (bicyclic) bond motifs is 1. The lowest BCUT2D eigenvalue weighted by molar-refractivity contribution is -0.125. The Morgan fingerprint density at radius 3 is 2.95 bits per heavy atom. The molecule has 108 valence electrons. The predicted octanol–water partition coefficient (Wildman–Crippen LogP) is 2.68. The van der Waals surface area contributed by atoms with Crippen molar-refractivity contribution in [3.05, 3.63) is 54.0 Å². The van der Waals surface area contributed by atoms with E-state index in [1.165, 1.54) is 6.08 Å². The van der Waals surface area contributed by atoms with Gasteiger partial charge in [0.05, 0.1) is 6.26 Å². The van der Waals surface area contributed by atoms with Gasteiger partial charge in [-0.15, -0.1) is 0 Å². The van der Waals surface area contributed by atoms with Gasteiger partial charge in [0.15, 0.2) is 11.5 Å². The second kappa shape index (κ2) is 5.75. The second-order valence-electron chi connectivity index (χ2n) is 4.73. The van der Waals surface area contributed by atoms with Gasteiger partial charge in [0.25, 0.3) is 0 Å². The molecule has 0 bridgehead atoms. The fourth-order valence-corrected chi connectivity index (χ4v) is 2.06. The summed E-state index contributed by atoms with van der Waals surface area (Å²) >= 11 is 0. The van der Waals surface area contributed by atoms with Crippen molar-refractivity contribution in [2.45, 2.75) is 6.54 Å². The summed E-state index contributed by atoms with van der Waals surface area (Å²) in [5, 5.41) is 0. The average molecular weight is 285 g/mol. The first-order valence-electron chi connectivity index (χ1n) is 6.57. The van der Waals surface area contributed by atoms with Gasteiger partial charge in [0.2, 0.25) is 12.7 Å². The lowest BCUT2D eigenvalue weighted by Crippen LogP contribution is -2.24. The van der Waals surface area contributed by atoms with E-state index in [1.807, 2.05) is 18.2 Å². The summed E-state index contributed by atoms with van der Waals surface area (Å²) in [5.74, 6) is 2.02. The van der Waals surface area contributed by atoms with Crippen LogP contribution in [0.2, 0.25) is 0 Å². The maximum absolute atomic E-state index is 12.0. The van der Waals surface area contributed by atoms with Gasteiger partial charge in [-0.05, 0) is 35.9 Å². The molecule has 0 saturated heterocycles.